The van der Waals surface area contributed by atoms with E-state index in [2.05, 4.69) is 15.8 Å². The van der Waals surface area contributed by atoms with E-state index in [9.17, 15) is 0 Å². The molecular formula is C12H15N3O. The van der Waals surface area contributed by atoms with E-state index < -0.39 is 0 Å². The van der Waals surface area contributed by atoms with Gasteiger partial charge in [0.15, 0.2) is 11.4 Å². The minimum atomic E-state index is 0.509. The van der Waals surface area contributed by atoms with Crippen LogP contribution in [0.1, 0.15) is 12.8 Å². The fourth-order valence-corrected chi connectivity index (χ4v) is 2.15. The number of aromatic nitrogens is 1. The summed E-state index contributed by atoms with van der Waals surface area (Å²) in [7, 11) is 0. The predicted molar refractivity (Wildman–Crippen MR) is 63.5 cm³/mol. The van der Waals surface area contributed by atoms with Crippen molar-refractivity contribution in [2.45, 2.75) is 18.9 Å². The van der Waals surface area contributed by atoms with Gasteiger partial charge in [-0.1, -0.05) is 17.3 Å². The molecule has 0 unspecified atom stereocenters. The van der Waals surface area contributed by atoms with Gasteiger partial charge in [0.05, 0.1) is 5.39 Å². The Bertz CT molecular complexity index is 474. The summed E-state index contributed by atoms with van der Waals surface area (Å²) in [6, 6.07) is 8.45. The number of para-hydroxylation sites is 1. The Morgan fingerprint density at radius 2 is 2.06 bits per heavy atom. The summed E-state index contributed by atoms with van der Waals surface area (Å²) in [4.78, 5) is 0. The topological polar surface area (TPSA) is 50.1 Å². The molecule has 0 bridgehead atoms. The molecule has 0 saturated carbocycles. The number of nitrogens with zero attached hydrogens (tertiary/aromatic N) is 1. The third-order valence-electron chi connectivity index (χ3n) is 3.06. The highest BCUT2D eigenvalue weighted by Gasteiger charge is 2.15. The summed E-state index contributed by atoms with van der Waals surface area (Å²) < 4.78 is 5.26. The van der Waals surface area contributed by atoms with E-state index in [1.54, 1.807) is 0 Å². The molecule has 1 saturated heterocycles. The molecule has 2 aromatic rings. The lowest BCUT2D eigenvalue weighted by molar-refractivity contribution is 0.448. The van der Waals surface area contributed by atoms with Crippen molar-refractivity contribution in [3.63, 3.8) is 0 Å². The number of fused-ring (bicyclic) bond motifs is 1. The molecule has 1 aliphatic heterocycles. The molecule has 4 nitrogen and oxygen atoms in total. The highest BCUT2D eigenvalue weighted by atomic mass is 16.5. The van der Waals surface area contributed by atoms with E-state index in [-0.39, 0.29) is 0 Å². The molecule has 4 heteroatoms. The Morgan fingerprint density at radius 3 is 2.94 bits per heavy atom. The van der Waals surface area contributed by atoms with E-state index in [1.807, 2.05) is 24.3 Å². The summed E-state index contributed by atoms with van der Waals surface area (Å²) >= 11 is 0. The molecule has 16 heavy (non-hydrogen) atoms. The molecule has 84 valence electrons. The second-order valence-electron chi connectivity index (χ2n) is 4.20. The lowest BCUT2D eigenvalue weighted by atomic mass is 10.1. The van der Waals surface area contributed by atoms with Gasteiger partial charge in [0.1, 0.15) is 0 Å². The van der Waals surface area contributed by atoms with Gasteiger partial charge in [-0.05, 0) is 38.1 Å². The van der Waals surface area contributed by atoms with Crippen LogP contribution in [0.15, 0.2) is 28.8 Å². The maximum absolute atomic E-state index is 5.26. The second kappa shape index (κ2) is 4.14. The third kappa shape index (κ3) is 1.76. The molecule has 3 rings (SSSR count). The van der Waals surface area contributed by atoms with Crippen LogP contribution in [0.4, 0.5) is 5.82 Å². The van der Waals surface area contributed by atoms with Gasteiger partial charge in [-0.15, -0.1) is 0 Å². The van der Waals surface area contributed by atoms with Gasteiger partial charge in [-0.2, -0.15) is 0 Å². The van der Waals surface area contributed by atoms with Gasteiger partial charge in [-0.3, -0.25) is 0 Å². The minimum Gasteiger partial charge on any atom is -0.364 e. The molecule has 2 N–H and O–H groups in total. The van der Waals surface area contributed by atoms with Gasteiger partial charge in [0, 0.05) is 6.04 Å². The van der Waals surface area contributed by atoms with Crippen molar-refractivity contribution in [1.29, 1.82) is 0 Å². The zero-order chi connectivity index (χ0) is 10.8. The fourth-order valence-electron chi connectivity index (χ4n) is 2.15. The number of hydrogen-bond donors (Lipinski definition) is 2. The van der Waals surface area contributed by atoms with Crippen LogP contribution in [-0.2, 0) is 0 Å². The van der Waals surface area contributed by atoms with Gasteiger partial charge < -0.3 is 15.2 Å². The molecule has 0 atom stereocenters. The van der Waals surface area contributed by atoms with Crippen molar-refractivity contribution in [1.82, 2.24) is 10.5 Å². The Balaban J connectivity index is 1.83. The average molecular weight is 217 g/mol. The summed E-state index contributed by atoms with van der Waals surface area (Å²) in [5.41, 5.74) is 0.846. The number of anilines is 1. The zero-order valence-corrected chi connectivity index (χ0v) is 9.07. The van der Waals surface area contributed by atoms with Crippen molar-refractivity contribution >= 4 is 16.8 Å². The Labute approximate surface area is 94.0 Å². The SMILES string of the molecule is c1ccc2c(NC3CCNCC3)noc2c1. The summed E-state index contributed by atoms with van der Waals surface area (Å²) in [6.45, 7) is 2.15. The monoisotopic (exact) mass is 217 g/mol. The molecular weight excluding hydrogens is 202 g/mol. The largest absolute Gasteiger partial charge is 0.364 e. The van der Waals surface area contributed by atoms with E-state index in [0.29, 0.717) is 6.04 Å². The number of piperidine rings is 1. The Morgan fingerprint density at radius 1 is 1.25 bits per heavy atom. The molecule has 0 radical (unpaired) electrons. The first-order valence-corrected chi connectivity index (χ1v) is 5.75. The second-order valence-corrected chi connectivity index (χ2v) is 4.20. The van der Waals surface area contributed by atoms with Crippen molar-refractivity contribution in [3.05, 3.63) is 24.3 Å². The van der Waals surface area contributed by atoms with Gasteiger partial charge >= 0.3 is 0 Å². The number of benzene rings is 1. The molecule has 2 heterocycles. The lowest BCUT2D eigenvalue weighted by Gasteiger charge is -2.23. The van der Waals surface area contributed by atoms with Crippen molar-refractivity contribution < 1.29 is 4.52 Å². The van der Waals surface area contributed by atoms with Crippen LogP contribution < -0.4 is 10.6 Å². The molecule has 0 spiro atoms. The maximum Gasteiger partial charge on any atom is 0.177 e. The zero-order valence-electron chi connectivity index (χ0n) is 9.07. The standard InChI is InChI=1S/C12H15N3O/c1-2-4-11-10(3-1)12(15-16-11)14-9-5-7-13-8-6-9/h1-4,9,13H,5-8H2,(H,14,15). The molecule has 1 aliphatic rings. The van der Waals surface area contributed by atoms with Crippen molar-refractivity contribution in [3.8, 4) is 0 Å². The Hall–Kier alpha value is -1.55. The first kappa shape index (κ1) is 9.66. The fraction of sp³-hybridized carbons (Fsp3) is 0.417. The first-order chi connectivity index (χ1) is 7.93. The molecule has 1 fully saturated rings. The van der Waals surface area contributed by atoms with Crippen LogP contribution in [0, 0.1) is 0 Å². The smallest absolute Gasteiger partial charge is 0.177 e. The lowest BCUT2D eigenvalue weighted by Crippen LogP contribution is -2.35. The molecule has 1 aromatic carbocycles. The molecule has 0 amide bonds. The van der Waals surface area contributed by atoms with Gasteiger partial charge in [-0.25, -0.2) is 0 Å². The number of hydrogen-bond acceptors (Lipinski definition) is 4. The van der Waals surface area contributed by atoms with Crippen LogP contribution >= 0.6 is 0 Å². The van der Waals surface area contributed by atoms with Crippen LogP contribution in [-0.4, -0.2) is 24.3 Å². The third-order valence-corrected chi connectivity index (χ3v) is 3.06. The average Bonchev–Trinajstić information content (AvgIpc) is 2.74. The molecule has 0 aliphatic carbocycles. The van der Waals surface area contributed by atoms with Gasteiger partial charge in [0.2, 0.25) is 0 Å². The highest BCUT2D eigenvalue weighted by molar-refractivity contribution is 5.87. The van der Waals surface area contributed by atoms with Gasteiger partial charge in [0.25, 0.3) is 0 Å². The predicted octanol–water partition coefficient (Wildman–Crippen LogP) is 1.99. The van der Waals surface area contributed by atoms with E-state index >= 15 is 0 Å². The van der Waals surface area contributed by atoms with Crippen molar-refractivity contribution in [2.75, 3.05) is 18.4 Å². The van der Waals surface area contributed by atoms with E-state index in [0.717, 1.165) is 42.7 Å². The summed E-state index contributed by atoms with van der Waals surface area (Å²) in [5.74, 6) is 0.877. The highest BCUT2D eigenvalue weighted by Crippen LogP contribution is 2.23. The van der Waals surface area contributed by atoms with Crippen LogP contribution in [0.25, 0.3) is 11.0 Å². The maximum atomic E-state index is 5.26. The van der Waals surface area contributed by atoms with E-state index in [4.69, 9.17) is 4.52 Å². The van der Waals surface area contributed by atoms with Crippen LogP contribution in [0.2, 0.25) is 0 Å². The van der Waals surface area contributed by atoms with Crippen LogP contribution in [0.5, 0.6) is 0 Å². The minimum absolute atomic E-state index is 0.509. The summed E-state index contributed by atoms with van der Waals surface area (Å²) in [5, 5.41) is 12.0. The van der Waals surface area contributed by atoms with Crippen molar-refractivity contribution in [2.24, 2.45) is 0 Å². The Kier molecular flexibility index (Phi) is 2.50. The number of nitrogens with one attached hydrogen (secondary N) is 2. The van der Waals surface area contributed by atoms with E-state index in [1.165, 1.54) is 0 Å². The molecule has 1 aromatic heterocycles. The number of rotatable bonds is 2. The van der Waals surface area contributed by atoms with Crippen LogP contribution in [0.3, 0.4) is 0 Å². The summed E-state index contributed by atoms with van der Waals surface area (Å²) in [6.07, 6.45) is 2.28. The quantitative estimate of drug-likeness (QED) is 0.807. The normalized spacial score (nSPS) is 17.8. The first-order valence-electron chi connectivity index (χ1n) is 5.75.